The van der Waals surface area contributed by atoms with Gasteiger partial charge in [-0.15, -0.1) is 0 Å². The van der Waals surface area contributed by atoms with Crippen LogP contribution in [0.2, 0.25) is 0 Å². The number of rotatable bonds is 7. The number of nitrogens with zero attached hydrogens (tertiary/aromatic N) is 1. The third-order valence-corrected chi connectivity index (χ3v) is 1.95. The summed E-state index contributed by atoms with van der Waals surface area (Å²) in [6, 6.07) is 1.96. The molecule has 0 aromatic rings. The fraction of sp³-hybridized carbons (Fsp3) is 0.800. The number of ether oxygens (including phenoxy) is 1. The summed E-state index contributed by atoms with van der Waals surface area (Å²) in [5, 5.41) is 13.9. The van der Waals surface area contributed by atoms with Crippen molar-refractivity contribution in [1.29, 1.82) is 5.26 Å². The molecule has 0 radical (unpaired) electrons. The molecule has 5 nitrogen and oxygen atoms in total. The number of carbonyl (C=O) groups is 1. The number of nitrogens with one attached hydrogen (secondary N) is 2. The predicted molar refractivity (Wildman–Crippen MR) is 57.2 cm³/mol. The highest BCUT2D eigenvalue weighted by atomic mass is 16.5. The minimum Gasteiger partial charge on any atom is -0.377 e. The van der Waals surface area contributed by atoms with Gasteiger partial charge in [-0.1, -0.05) is 0 Å². The molecule has 0 atom stereocenters. The molecule has 0 heterocycles. The van der Waals surface area contributed by atoms with Crippen molar-refractivity contribution in [2.45, 2.75) is 25.9 Å². The summed E-state index contributed by atoms with van der Waals surface area (Å²) in [6.07, 6.45) is 0.343. The summed E-state index contributed by atoms with van der Waals surface area (Å²) < 4.78 is 5.18. The van der Waals surface area contributed by atoms with Gasteiger partial charge < -0.3 is 15.4 Å². The highest BCUT2D eigenvalue weighted by Gasteiger charge is 2.15. The first-order valence-corrected chi connectivity index (χ1v) is 4.91. The first-order chi connectivity index (χ1) is 7.02. The monoisotopic (exact) mass is 213 g/mol. The van der Waals surface area contributed by atoms with E-state index < -0.39 is 0 Å². The highest BCUT2D eigenvalue weighted by molar-refractivity contribution is 5.77. The van der Waals surface area contributed by atoms with Crippen molar-refractivity contribution in [3.8, 4) is 6.07 Å². The molecule has 86 valence electrons. The van der Waals surface area contributed by atoms with Gasteiger partial charge in [0, 0.05) is 20.2 Å². The summed E-state index contributed by atoms with van der Waals surface area (Å²) in [4.78, 5) is 11.2. The lowest BCUT2D eigenvalue weighted by molar-refractivity contribution is -0.120. The van der Waals surface area contributed by atoms with E-state index in [4.69, 9.17) is 10.00 Å². The third kappa shape index (κ3) is 7.91. The van der Waals surface area contributed by atoms with E-state index in [9.17, 15) is 4.79 Å². The molecule has 0 fully saturated rings. The van der Waals surface area contributed by atoms with Crippen molar-refractivity contribution < 1.29 is 9.53 Å². The second-order valence-corrected chi connectivity index (χ2v) is 3.83. The molecule has 0 saturated carbocycles. The zero-order valence-corrected chi connectivity index (χ0v) is 9.59. The number of amides is 1. The number of carbonyl (C=O) groups excluding carboxylic acids is 1. The lowest BCUT2D eigenvalue weighted by Crippen LogP contribution is -2.42. The van der Waals surface area contributed by atoms with Crippen molar-refractivity contribution in [3.63, 3.8) is 0 Å². The van der Waals surface area contributed by atoms with Crippen LogP contribution in [-0.4, -0.2) is 38.3 Å². The van der Waals surface area contributed by atoms with E-state index in [0.29, 0.717) is 19.5 Å². The van der Waals surface area contributed by atoms with Crippen LogP contribution in [0.5, 0.6) is 0 Å². The molecule has 0 unspecified atom stereocenters. The summed E-state index contributed by atoms with van der Waals surface area (Å²) >= 11 is 0. The molecular formula is C10H19N3O2. The number of hydrogen-bond donors (Lipinski definition) is 2. The summed E-state index contributed by atoms with van der Waals surface area (Å²) in [5.41, 5.74) is -0.271. The van der Waals surface area contributed by atoms with Crippen LogP contribution >= 0.6 is 0 Å². The fourth-order valence-electron chi connectivity index (χ4n) is 0.870. The molecule has 0 aliphatic carbocycles. The Hall–Kier alpha value is -1.12. The van der Waals surface area contributed by atoms with E-state index in [1.807, 2.05) is 19.9 Å². The van der Waals surface area contributed by atoms with Crippen LogP contribution in [0.25, 0.3) is 0 Å². The van der Waals surface area contributed by atoms with Crippen molar-refractivity contribution in [2.24, 2.45) is 0 Å². The second-order valence-electron chi connectivity index (χ2n) is 3.83. The minimum atomic E-state index is -0.271. The summed E-state index contributed by atoms with van der Waals surface area (Å²) in [7, 11) is 1.63. The maximum atomic E-state index is 11.2. The van der Waals surface area contributed by atoms with Gasteiger partial charge in [0.2, 0.25) is 5.91 Å². The van der Waals surface area contributed by atoms with Gasteiger partial charge in [0.15, 0.2) is 0 Å². The second kappa shape index (κ2) is 7.21. The van der Waals surface area contributed by atoms with Crippen LogP contribution in [0.1, 0.15) is 20.3 Å². The van der Waals surface area contributed by atoms with Crippen molar-refractivity contribution >= 4 is 5.91 Å². The number of hydrogen-bond acceptors (Lipinski definition) is 4. The number of nitriles is 1. The van der Waals surface area contributed by atoms with E-state index in [1.165, 1.54) is 0 Å². The Labute approximate surface area is 90.8 Å². The Bertz CT molecular complexity index is 233. The average molecular weight is 213 g/mol. The van der Waals surface area contributed by atoms with E-state index in [-0.39, 0.29) is 18.1 Å². The Morgan fingerprint density at radius 2 is 2.20 bits per heavy atom. The van der Waals surface area contributed by atoms with Gasteiger partial charge in [-0.05, 0) is 13.8 Å². The molecule has 0 aromatic carbocycles. The first kappa shape index (κ1) is 13.9. The van der Waals surface area contributed by atoms with Gasteiger partial charge in [-0.3, -0.25) is 4.79 Å². The smallest absolute Gasteiger partial charge is 0.233 e. The molecule has 1 amide bonds. The summed E-state index contributed by atoms with van der Waals surface area (Å²) in [5.74, 6) is -0.0999. The largest absolute Gasteiger partial charge is 0.377 e. The quantitative estimate of drug-likeness (QED) is 0.585. The van der Waals surface area contributed by atoms with E-state index in [2.05, 4.69) is 10.6 Å². The van der Waals surface area contributed by atoms with E-state index in [1.54, 1.807) is 7.11 Å². The summed E-state index contributed by atoms with van der Waals surface area (Å²) in [6.45, 7) is 5.14. The standard InChI is InChI=1S/C10H19N3O2/c1-10(2,15-3)8-12-7-9(14)13-6-4-5-11/h12H,4,6-8H2,1-3H3,(H,13,14). The van der Waals surface area contributed by atoms with Crippen LogP contribution in [0.3, 0.4) is 0 Å². The molecule has 0 saturated heterocycles. The molecule has 0 rings (SSSR count). The normalized spacial score (nSPS) is 10.8. The molecule has 0 aromatic heterocycles. The molecule has 0 bridgehead atoms. The van der Waals surface area contributed by atoms with Crippen LogP contribution in [-0.2, 0) is 9.53 Å². The van der Waals surface area contributed by atoms with Crippen LogP contribution in [0.15, 0.2) is 0 Å². The molecule has 0 spiro atoms. The van der Waals surface area contributed by atoms with E-state index >= 15 is 0 Å². The van der Waals surface area contributed by atoms with Gasteiger partial charge in [0.05, 0.1) is 24.6 Å². The number of methoxy groups -OCH3 is 1. The average Bonchev–Trinajstić information content (AvgIpc) is 2.18. The Morgan fingerprint density at radius 3 is 2.73 bits per heavy atom. The predicted octanol–water partition coefficient (Wildman–Crippen LogP) is 0.0309. The lowest BCUT2D eigenvalue weighted by atomic mass is 10.1. The SMILES string of the molecule is COC(C)(C)CNCC(=O)NCCC#N. The Morgan fingerprint density at radius 1 is 1.53 bits per heavy atom. The van der Waals surface area contributed by atoms with Crippen LogP contribution < -0.4 is 10.6 Å². The maximum absolute atomic E-state index is 11.2. The molecule has 0 aliphatic rings. The Balaban J connectivity index is 3.52. The van der Waals surface area contributed by atoms with Gasteiger partial charge >= 0.3 is 0 Å². The topological polar surface area (TPSA) is 74.2 Å². The lowest BCUT2D eigenvalue weighted by Gasteiger charge is -2.22. The van der Waals surface area contributed by atoms with Crippen molar-refractivity contribution in [2.75, 3.05) is 26.7 Å². The van der Waals surface area contributed by atoms with Crippen molar-refractivity contribution in [3.05, 3.63) is 0 Å². The molecule has 2 N–H and O–H groups in total. The molecule has 0 aliphatic heterocycles. The molecule has 15 heavy (non-hydrogen) atoms. The minimum absolute atomic E-state index is 0.0999. The van der Waals surface area contributed by atoms with Crippen LogP contribution in [0, 0.1) is 11.3 Å². The van der Waals surface area contributed by atoms with Gasteiger partial charge in [0.25, 0.3) is 0 Å². The fourth-order valence-corrected chi connectivity index (χ4v) is 0.870. The van der Waals surface area contributed by atoms with Crippen molar-refractivity contribution in [1.82, 2.24) is 10.6 Å². The molecular weight excluding hydrogens is 194 g/mol. The van der Waals surface area contributed by atoms with Gasteiger partial charge in [-0.25, -0.2) is 0 Å². The van der Waals surface area contributed by atoms with Crippen LogP contribution in [0.4, 0.5) is 0 Å². The highest BCUT2D eigenvalue weighted by Crippen LogP contribution is 2.03. The van der Waals surface area contributed by atoms with Gasteiger partial charge in [0.1, 0.15) is 0 Å². The Kier molecular flexibility index (Phi) is 6.67. The van der Waals surface area contributed by atoms with E-state index in [0.717, 1.165) is 0 Å². The molecule has 5 heteroatoms. The third-order valence-electron chi connectivity index (χ3n) is 1.95. The maximum Gasteiger partial charge on any atom is 0.233 e. The zero-order valence-electron chi connectivity index (χ0n) is 9.59. The van der Waals surface area contributed by atoms with Gasteiger partial charge in [-0.2, -0.15) is 5.26 Å². The first-order valence-electron chi connectivity index (χ1n) is 4.91. The zero-order chi connectivity index (χ0) is 11.7.